The Labute approximate surface area is 132 Å². The summed E-state index contributed by atoms with van der Waals surface area (Å²) >= 11 is 11.9. The minimum atomic E-state index is 0.893. The van der Waals surface area contributed by atoms with E-state index in [1.54, 1.807) is 11.3 Å². The van der Waals surface area contributed by atoms with Crippen molar-refractivity contribution >= 4 is 35.6 Å². The predicted molar refractivity (Wildman–Crippen MR) is 91.8 cm³/mol. The molecular formula is C15H26ClNS2. The van der Waals surface area contributed by atoms with Crippen LogP contribution in [0.4, 0.5) is 0 Å². The van der Waals surface area contributed by atoms with Crippen molar-refractivity contribution < 1.29 is 0 Å². The van der Waals surface area contributed by atoms with Crippen molar-refractivity contribution in [1.82, 2.24) is 4.90 Å². The van der Waals surface area contributed by atoms with E-state index in [-0.39, 0.29) is 0 Å². The summed E-state index contributed by atoms with van der Waals surface area (Å²) in [5, 5.41) is 0. The molecule has 0 aliphatic rings. The lowest BCUT2D eigenvalue weighted by atomic mass is 10.1. The van der Waals surface area contributed by atoms with Gasteiger partial charge in [-0.2, -0.15) is 12.6 Å². The molecule has 0 atom stereocenters. The van der Waals surface area contributed by atoms with E-state index >= 15 is 0 Å². The lowest BCUT2D eigenvalue weighted by Crippen LogP contribution is -2.18. The molecule has 0 saturated heterocycles. The first-order valence-corrected chi connectivity index (χ1v) is 9.08. The molecular weight excluding hydrogens is 294 g/mol. The standard InChI is InChI=1S/C15H26ClNS2/c1-17(13-14-9-10-15(16)19-14)11-7-5-3-2-4-6-8-12-18/h9-10,18H,2-8,11-13H2,1H3. The predicted octanol–water partition coefficient (Wildman–Crippen LogP) is 5.49. The van der Waals surface area contributed by atoms with Crippen LogP contribution in [-0.4, -0.2) is 24.2 Å². The lowest BCUT2D eigenvalue weighted by molar-refractivity contribution is 0.319. The molecule has 0 unspecified atom stereocenters. The number of nitrogens with zero attached hydrogens (tertiary/aromatic N) is 1. The molecule has 1 rings (SSSR count). The van der Waals surface area contributed by atoms with Gasteiger partial charge in [0.05, 0.1) is 4.34 Å². The molecule has 0 aliphatic heterocycles. The topological polar surface area (TPSA) is 3.24 Å². The summed E-state index contributed by atoms with van der Waals surface area (Å²) in [5.74, 6) is 1.04. The molecule has 19 heavy (non-hydrogen) atoms. The highest BCUT2D eigenvalue weighted by Gasteiger charge is 2.02. The number of thiol groups is 1. The van der Waals surface area contributed by atoms with Crippen molar-refractivity contribution in [3.05, 3.63) is 21.3 Å². The van der Waals surface area contributed by atoms with Gasteiger partial charge < -0.3 is 4.90 Å². The van der Waals surface area contributed by atoms with Crippen LogP contribution < -0.4 is 0 Å². The minimum absolute atomic E-state index is 0.893. The molecule has 0 amide bonds. The summed E-state index contributed by atoms with van der Waals surface area (Å²) in [4.78, 5) is 3.75. The third-order valence-electron chi connectivity index (χ3n) is 3.25. The molecule has 4 heteroatoms. The van der Waals surface area contributed by atoms with Gasteiger partial charge in [0.1, 0.15) is 0 Å². The van der Waals surface area contributed by atoms with Crippen molar-refractivity contribution in [3.8, 4) is 0 Å². The van der Waals surface area contributed by atoms with Crippen LogP contribution in [-0.2, 0) is 6.54 Å². The molecule has 1 aromatic rings. The van der Waals surface area contributed by atoms with Gasteiger partial charge >= 0.3 is 0 Å². The fraction of sp³-hybridized carbons (Fsp3) is 0.733. The minimum Gasteiger partial charge on any atom is -0.301 e. The number of thiophene rings is 1. The van der Waals surface area contributed by atoms with E-state index in [0.717, 1.165) is 16.6 Å². The van der Waals surface area contributed by atoms with Gasteiger partial charge in [-0.1, -0.05) is 43.7 Å². The zero-order valence-electron chi connectivity index (χ0n) is 11.9. The van der Waals surface area contributed by atoms with Crippen LogP contribution in [0.1, 0.15) is 49.8 Å². The van der Waals surface area contributed by atoms with Crippen LogP contribution in [0.5, 0.6) is 0 Å². The first-order chi connectivity index (χ1) is 9.22. The summed E-state index contributed by atoms with van der Waals surface area (Å²) in [7, 11) is 2.19. The molecule has 110 valence electrons. The monoisotopic (exact) mass is 319 g/mol. The Bertz CT molecular complexity index is 328. The second kappa shape index (κ2) is 11.0. The van der Waals surface area contributed by atoms with Crippen molar-refractivity contribution in [3.63, 3.8) is 0 Å². The van der Waals surface area contributed by atoms with E-state index in [2.05, 4.69) is 30.6 Å². The lowest BCUT2D eigenvalue weighted by Gasteiger charge is -2.15. The Morgan fingerprint density at radius 2 is 1.68 bits per heavy atom. The fourth-order valence-electron chi connectivity index (χ4n) is 2.16. The second-order valence-corrected chi connectivity index (χ2v) is 7.39. The van der Waals surface area contributed by atoms with Crippen molar-refractivity contribution in [1.29, 1.82) is 0 Å². The Hall–Kier alpha value is 0.300. The summed E-state index contributed by atoms with van der Waals surface area (Å²) in [6.45, 7) is 2.21. The molecule has 0 N–H and O–H groups in total. The van der Waals surface area contributed by atoms with Crippen molar-refractivity contribution in [2.45, 2.75) is 51.5 Å². The summed E-state index contributed by atoms with van der Waals surface area (Å²) in [6.07, 6.45) is 9.43. The Balaban J connectivity index is 1.94. The highest BCUT2D eigenvalue weighted by Crippen LogP contribution is 2.22. The van der Waals surface area contributed by atoms with Crippen molar-refractivity contribution in [2.24, 2.45) is 0 Å². The molecule has 0 bridgehead atoms. The van der Waals surface area contributed by atoms with Crippen LogP contribution in [0.25, 0.3) is 0 Å². The Kier molecular flexibility index (Phi) is 10.1. The summed E-state index contributed by atoms with van der Waals surface area (Å²) < 4.78 is 0.893. The molecule has 0 fully saturated rings. The Morgan fingerprint density at radius 1 is 1.05 bits per heavy atom. The molecule has 0 spiro atoms. The van der Waals surface area contributed by atoms with Gasteiger partial charge in [0.2, 0.25) is 0 Å². The quantitative estimate of drug-likeness (QED) is 0.416. The van der Waals surface area contributed by atoms with Crippen molar-refractivity contribution in [2.75, 3.05) is 19.3 Å². The molecule has 0 saturated carbocycles. The van der Waals surface area contributed by atoms with Crippen LogP contribution in [0.3, 0.4) is 0 Å². The molecule has 0 radical (unpaired) electrons. The number of hydrogen-bond donors (Lipinski definition) is 1. The highest BCUT2D eigenvalue weighted by atomic mass is 35.5. The summed E-state index contributed by atoms with van der Waals surface area (Å²) in [5.41, 5.74) is 0. The van der Waals surface area contributed by atoms with Gasteiger partial charge in [-0.15, -0.1) is 11.3 Å². The normalized spacial score (nSPS) is 11.4. The first-order valence-electron chi connectivity index (χ1n) is 7.26. The average Bonchev–Trinajstić information content (AvgIpc) is 2.78. The zero-order chi connectivity index (χ0) is 13.9. The molecule has 0 aromatic carbocycles. The smallest absolute Gasteiger partial charge is 0.0931 e. The van der Waals surface area contributed by atoms with Crippen LogP contribution in [0.2, 0.25) is 4.34 Å². The zero-order valence-corrected chi connectivity index (χ0v) is 14.4. The first kappa shape index (κ1) is 17.4. The number of hydrogen-bond acceptors (Lipinski definition) is 3. The number of rotatable bonds is 11. The third kappa shape index (κ3) is 8.96. The second-order valence-electron chi connectivity index (χ2n) is 5.14. The van der Waals surface area contributed by atoms with Crippen LogP contribution in [0, 0.1) is 0 Å². The largest absolute Gasteiger partial charge is 0.301 e. The van der Waals surface area contributed by atoms with Gasteiger partial charge in [-0.3, -0.25) is 0 Å². The fourth-order valence-corrected chi connectivity index (χ4v) is 3.55. The highest BCUT2D eigenvalue weighted by molar-refractivity contribution is 7.80. The van der Waals surface area contributed by atoms with E-state index in [9.17, 15) is 0 Å². The molecule has 0 aliphatic carbocycles. The SMILES string of the molecule is CN(CCCCCCCCCS)Cc1ccc(Cl)s1. The van der Waals surface area contributed by atoms with E-state index in [1.165, 1.54) is 56.4 Å². The average molecular weight is 320 g/mol. The molecule has 1 nitrogen and oxygen atoms in total. The van der Waals surface area contributed by atoms with Gasteiger partial charge in [0.25, 0.3) is 0 Å². The molecule has 1 aromatic heterocycles. The van der Waals surface area contributed by atoms with E-state index in [4.69, 9.17) is 11.6 Å². The number of unbranched alkanes of at least 4 members (excludes halogenated alkanes) is 6. The third-order valence-corrected chi connectivity index (χ3v) is 4.78. The van der Waals surface area contributed by atoms with E-state index in [1.807, 2.05) is 6.07 Å². The number of halogens is 1. The van der Waals surface area contributed by atoms with Crippen LogP contribution >= 0.6 is 35.6 Å². The van der Waals surface area contributed by atoms with Gasteiger partial charge in [0.15, 0.2) is 0 Å². The van der Waals surface area contributed by atoms with E-state index in [0.29, 0.717) is 0 Å². The van der Waals surface area contributed by atoms with Gasteiger partial charge in [-0.05, 0) is 44.3 Å². The van der Waals surface area contributed by atoms with Gasteiger partial charge in [-0.25, -0.2) is 0 Å². The van der Waals surface area contributed by atoms with Crippen LogP contribution in [0.15, 0.2) is 12.1 Å². The maximum absolute atomic E-state index is 5.94. The van der Waals surface area contributed by atoms with Gasteiger partial charge in [0, 0.05) is 11.4 Å². The molecule has 1 heterocycles. The maximum atomic E-state index is 5.94. The van der Waals surface area contributed by atoms with E-state index < -0.39 is 0 Å². The Morgan fingerprint density at radius 3 is 2.26 bits per heavy atom. The summed E-state index contributed by atoms with van der Waals surface area (Å²) in [6, 6.07) is 4.12. The maximum Gasteiger partial charge on any atom is 0.0931 e.